The number of nitrogens with one attached hydrogen (secondary N) is 2. The molecule has 148 valence electrons. The maximum atomic E-state index is 13.0. The molecule has 2 N–H and O–H groups in total. The molecule has 1 fully saturated rings. The zero-order valence-electron chi connectivity index (χ0n) is 16.1. The molecule has 0 bridgehead atoms. The number of hydrogen-bond acceptors (Lipinski definition) is 4. The SMILES string of the molecule is O=C(NCc1ccc(F)cc1)c1ccnc(Nc2ccc(N3CCCC3)cc2)c1. The highest BCUT2D eigenvalue weighted by Crippen LogP contribution is 2.23. The zero-order chi connectivity index (χ0) is 20.1. The summed E-state index contributed by atoms with van der Waals surface area (Å²) in [6.07, 6.45) is 4.10. The monoisotopic (exact) mass is 390 g/mol. The van der Waals surface area contributed by atoms with Crippen molar-refractivity contribution < 1.29 is 9.18 Å². The summed E-state index contributed by atoms with van der Waals surface area (Å²) in [5, 5.41) is 6.09. The van der Waals surface area contributed by atoms with Crippen molar-refractivity contribution in [2.45, 2.75) is 19.4 Å². The Morgan fingerprint density at radius 2 is 1.72 bits per heavy atom. The molecule has 0 saturated carbocycles. The van der Waals surface area contributed by atoms with Crippen molar-refractivity contribution in [2.24, 2.45) is 0 Å². The number of carbonyl (C=O) groups is 1. The van der Waals surface area contributed by atoms with Crippen LogP contribution in [-0.4, -0.2) is 24.0 Å². The van der Waals surface area contributed by atoms with Crippen LogP contribution < -0.4 is 15.5 Å². The Kier molecular flexibility index (Phi) is 5.70. The Labute approximate surface area is 169 Å². The Balaban J connectivity index is 1.37. The number of nitrogens with zero attached hydrogens (tertiary/aromatic N) is 2. The summed E-state index contributed by atoms with van der Waals surface area (Å²) in [7, 11) is 0. The van der Waals surface area contributed by atoms with Gasteiger partial charge in [-0.2, -0.15) is 0 Å². The molecule has 2 heterocycles. The van der Waals surface area contributed by atoms with Crippen LogP contribution >= 0.6 is 0 Å². The molecule has 1 aliphatic heterocycles. The average molecular weight is 390 g/mol. The van der Waals surface area contributed by atoms with E-state index in [2.05, 4.69) is 32.7 Å². The van der Waals surface area contributed by atoms with Crippen LogP contribution in [-0.2, 0) is 6.54 Å². The van der Waals surface area contributed by atoms with Crippen molar-refractivity contribution in [3.63, 3.8) is 0 Å². The van der Waals surface area contributed by atoms with Crippen LogP contribution in [0.4, 0.5) is 21.6 Å². The fourth-order valence-electron chi connectivity index (χ4n) is 3.41. The first-order chi connectivity index (χ1) is 14.2. The minimum atomic E-state index is -0.293. The molecule has 1 aromatic heterocycles. The molecule has 2 aromatic carbocycles. The Morgan fingerprint density at radius 1 is 1.00 bits per heavy atom. The van der Waals surface area contributed by atoms with Crippen molar-refractivity contribution in [2.75, 3.05) is 23.3 Å². The predicted octanol–water partition coefficient (Wildman–Crippen LogP) is 4.49. The van der Waals surface area contributed by atoms with Gasteiger partial charge >= 0.3 is 0 Å². The predicted molar refractivity (Wildman–Crippen MR) is 113 cm³/mol. The van der Waals surface area contributed by atoms with Crippen molar-refractivity contribution in [1.82, 2.24) is 10.3 Å². The van der Waals surface area contributed by atoms with Gasteiger partial charge in [0, 0.05) is 42.8 Å². The normalized spacial score (nSPS) is 13.3. The van der Waals surface area contributed by atoms with E-state index in [9.17, 15) is 9.18 Å². The maximum absolute atomic E-state index is 13.0. The number of anilines is 3. The number of pyridine rings is 1. The van der Waals surface area contributed by atoms with Gasteiger partial charge in [-0.1, -0.05) is 12.1 Å². The fraction of sp³-hybridized carbons (Fsp3) is 0.217. The summed E-state index contributed by atoms with van der Waals surface area (Å²) in [6, 6.07) is 17.7. The second-order valence-electron chi connectivity index (χ2n) is 7.10. The molecule has 1 amide bonds. The summed E-state index contributed by atoms with van der Waals surface area (Å²) in [5.74, 6) is 0.107. The summed E-state index contributed by atoms with van der Waals surface area (Å²) < 4.78 is 13.0. The van der Waals surface area contributed by atoms with Crippen LogP contribution in [0.5, 0.6) is 0 Å². The van der Waals surface area contributed by atoms with Crippen LogP contribution in [0, 0.1) is 5.82 Å². The molecule has 0 radical (unpaired) electrons. The minimum absolute atomic E-state index is 0.204. The van der Waals surface area contributed by atoms with E-state index in [-0.39, 0.29) is 11.7 Å². The number of amides is 1. The average Bonchev–Trinajstić information content (AvgIpc) is 3.29. The molecule has 1 aliphatic rings. The van der Waals surface area contributed by atoms with E-state index < -0.39 is 0 Å². The number of aromatic nitrogens is 1. The van der Waals surface area contributed by atoms with Crippen LogP contribution in [0.25, 0.3) is 0 Å². The van der Waals surface area contributed by atoms with Crippen LogP contribution in [0.1, 0.15) is 28.8 Å². The van der Waals surface area contributed by atoms with Gasteiger partial charge in [-0.25, -0.2) is 9.37 Å². The number of halogens is 1. The van der Waals surface area contributed by atoms with Crippen molar-refractivity contribution in [1.29, 1.82) is 0 Å². The van der Waals surface area contributed by atoms with E-state index in [0.717, 1.165) is 24.3 Å². The highest BCUT2D eigenvalue weighted by molar-refractivity contribution is 5.94. The molecule has 3 aromatic rings. The van der Waals surface area contributed by atoms with E-state index in [4.69, 9.17) is 0 Å². The Bertz CT molecular complexity index is 967. The lowest BCUT2D eigenvalue weighted by Gasteiger charge is -2.18. The number of rotatable bonds is 6. The van der Waals surface area contributed by atoms with E-state index >= 15 is 0 Å². The molecule has 29 heavy (non-hydrogen) atoms. The van der Waals surface area contributed by atoms with Gasteiger partial charge in [0.05, 0.1) is 0 Å². The first-order valence-corrected chi connectivity index (χ1v) is 9.78. The van der Waals surface area contributed by atoms with Crippen molar-refractivity contribution >= 4 is 23.1 Å². The quantitative estimate of drug-likeness (QED) is 0.651. The highest BCUT2D eigenvalue weighted by Gasteiger charge is 2.12. The third-order valence-corrected chi connectivity index (χ3v) is 5.00. The van der Waals surface area contributed by atoms with Gasteiger partial charge in [-0.3, -0.25) is 4.79 Å². The fourth-order valence-corrected chi connectivity index (χ4v) is 3.41. The van der Waals surface area contributed by atoms with Crippen LogP contribution in [0.2, 0.25) is 0 Å². The van der Waals surface area contributed by atoms with Gasteiger partial charge in [-0.05, 0) is 66.9 Å². The standard InChI is InChI=1S/C23H23FN4O/c24-19-5-3-17(4-6-19)16-26-23(29)18-11-12-25-22(15-18)27-20-7-9-21(10-8-20)28-13-1-2-14-28/h3-12,15H,1-2,13-14,16H2,(H,25,27)(H,26,29). The minimum Gasteiger partial charge on any atom is -0.372 e. The van der Waals surface area contributed by atoms with E-state index in [1.165, 1.54) is 30.7 Å². The first-order valence-electron chi connectivity index (χ1n) is 9.78. The third-order valence-electron chi connectivity index (χ3n) is 5.00. The maximum Gasteiger partial charge on any atom is 0.251 e. The number of carbonyl (C=O) groups excluding carboxylic acids is 1. The molecule has 4 rings (SSSR count). The molecule has 0 unspecified atom stereocenters. The lowest BCUT2D eigenvalue weighted by molar-refractivity contribution is 0.0951. The molecule has 0 spiro atoms. The van der Waals surface area contributed by atoms with Crippen molar-refractivity contribution in [3.8, 4) is 0 Å². The van der Waals surface area contributed by atoms with E-state index in [1.807, 2.05) is 12.1 Å². The van der Waals surface area contributed by atoms with E-state index in [0.29, 0.717) is 17.9 Å². The number of hydrogen-bond donors (Lipinski definition) is 2. The summed E-state index contributed by atoms with van der Waals surface area (Å²) in [5.41, 5.74) is 3.50. The second kappa shape index (κ2) is 8.73. The van der Waals surface area contributed by atoms with Crippen LogP contribution in [0.15, 0.2) is 66.9 Å². The Hall–Kier alpha value is -3.41. The summed E-state index contributed by atoms with van der Waals surface area (Å²) >= 11 is 0. The molecule has 1 saturated heterocycles. The second-order valence-corrected chi connectivity index (χ2v) is 7.10. The van der Waals surface area contributed by atoms with Gasteiger partial charge in [0.2, 0.25) is 0 Å². The summed E-state index contributed by atoms with van der Waals surface area (Å²) in [4.78, 5) is 19.1. The smallest absolute Gasteiger partial charge is 0.251 e. The Morgan fingerprint density at radius 3 is 2.45 bits per heavy atom. The highest BCUT2D eigenvalue weighted by atomic mass is 19.1. The zero-order valence-corrected chi connectivity index (χ0v) is 16.1. The van der Waals surface area contributed by atoms with Gasteiger partial charge < -0.3 is 15.5 Å². The van der Waals surface area contributed by atoms with Crippen LogP contribution in [0.3, 0.4) is 0 Å². The number of benzene rings is 2. The first kappa shape index (κ1) is 18.9. The van der Waals surface area contributed by atoms with E-state index in [1.54, 1.807) is 30.5 Å². The van der Waals surface area contributed by atoms with Gasteiger partial charge in [-0.15, -0.1) is 0 Å². The lowest BCUT2D eigenvalue weighted by atomic mass is 10.2. The molecular formula is C23H23FN4O. The third kappa shape index (κ3) is 4.90. The molecular weight excluding hydrogens is 367 g/mol. The van der Waals surface area contributed by atoms with Gasteiger partial charge in [0.1, 0.15) is 11.6 Å². The van der Waals surface area contributed by atoms with Gasteiger partial charge in [0.15, 0.2) is 0 Å². The lowest BCUT2D eigenvalue weighted by Crippen LogP contribution is -2.22. The molecule has 0 atom stereocenters. The topological polar surface area (TPSA) is 57.3 Å². The molecule has 6 heteroatoms. The summed E-state index contributed by atoms with van der Waals surface area (Å²) in [6.45, 7) is 2.56. The largest absolute Gasteiger partial charge is 0.372 e. The molecule has 5 nitrogen and oxygen atoms in total. The van der Waals surface area contributed by atoms with Crippen molar-refractivity contribution in [3.05, 3.63) is 83.8 Å². The molecule has 0 aliphatic carbocycles. The van der Waals surface area contributed by atoms with Gasteiger partial charge in [0.25, 0.3) is 5.91 Å².